The molecule has 3 rings (SSSR count). The van der Waals surface area contributed by atoms with Crippen molar-refractivity contribution in [1.29, 1.82) is 0 Å². The Balaban J connectivity index is 1.50. The number of piperazine rings is 1. The quantitative estimate of drug-likeness (QED) is 0.852. The van der Waals surface area contributed by atoms with E-state index in [1.54, 1.807) is 0 Å². The van der Waals surface area contributed by atoms with Gasteiger partial charge in [0.15, 0.2) is 0 Å². The summed E-state index contributed by atoms with van der Waals surface area (Å²) >= 11 is 0. The Labute approximate surface area is 162 Å². The van der Waals surface area contributed by atoms with Crippen molar-refractivity contribution in [3.63, 3.8) is 0 Å². The Morgan fingerprint density at radius 3 is 2.19 bits per heavy atom. The largest absolute Gasteiger partial charge is 0.387 e. The molecular weight excluding hydrogens is 336 g/mol. The van der Waals surface area contributed by atoms with Gasteiger partial charge in [0, 0.05) is 38.3 Å². The molecule has 0 aliphatic carbocycles. The van der Waals surface area contributed by atoms with Crippen LogP contribution in [0.15, 0.2) is 54.6 Å². The molecule has 1 atom stereocenters. The minimum Gasteiger partial charge on any atom is -0.387 e. The van der Waals surface area contributed by atoms with E-state index in [0.29, 0.717) is 25.6 Å². The highest BCUT2D eigenvalue weighted by atomic mass is 16.3. The minimum absolute atomic E-state index is 0.106. The molecule has 1 unspecified atom stereocenters. The Morgan fingerprint density at radius 2 is 1.59 bits per heavy atom. The molecule has 4 nitrogen and oxygen atoms in total. The fraction of sp³-hybridized carbons (Fsp3) is 0.435. The molecule has 0 aromatic heterocycles. The molecule has 4 heteroatoms. The van der Waals surface area contributed by atoms with E-state index in [4.69, 9.17) is 0 Å². The molecule has 1 amide bonds. The number of carbonyl (C=O) groups excluding carboxylic acids is 1. The lowest BCUT2D eigenvalue weighted by Gasteiger charge is -2.35. The summed E-state index contributed by atoms with van der Waals surface area (Å²) in [6.07, 6.45) is 0.554. The summed E-state index contributed by atoms with van der Waals surface area (Å²) in [6, 6.07) is 17.8. The fourth-order valence-electron chi connectivity index (χ4n) is 3.60. The highest BCUT2D eigenvalue weighted by molar-refractivity contribution is 5.94. The molecule has 0 radical (unpaired) electrons. The van der Waals surface area contributed by atoms with E-state index in [-0.39, 0.29) is 5.91 Å². The topological polar surface area (TPSA) is 43.8 Å². The predicted octanol–water partition coefficient (Wildman–Crippen LogP) is 3.38. The Hall–Kier alpha value is -2.17. The maximum atomic E-state index is 12.7. The van der Waals surface area contributed by atoms with Gasteiger partial charge in [-0.3, -0.25) is 9.69 Å². The highest BCUT2D eigenvalue weighted by Crippen LogP contribution is 2.16. The maximum absolute atomic E-state index is 12.7. The standard InChI is InChI=1S/C23H30N2O2/c1-18(2)16-19-8-10-21(11-9-19)23(27)25-14-12-24(13-15-25)17-22(26)20-6-4-3-5-7-20/h3-11,18,22,26H,12-17H2,1-2H3. The van der Waals surface area contributed by atoms with E-state index >= 15 is 0 Å². The molecule has 2 aromatic rings. The average Bonchev–Trinajstić information content (AvgIpc) is 2.69. The van der Waals surface area contributed by atoms with E-state index < -0.39 is 6.10 Å². The van der Waals surface area contributed by atoms with Gasteiger partial charge in [0.1, 0.15) is 0 Å². The van der Waals surface area contributed by atoms with Gasteiger partial charge < -0.3 is 10.0 Å². The molecule has 0 bridgehead atoms. The summed E-state index contributed by atoms with van der Waals surface area (Å²) in [4.78, 5) is 16.9. The number of aliphatic hydroxyl groups is 1. The molecule has 1 fully saturated rings. The number of benzene rings is 2. The molecule has 1 saturated heterocycles. The Kier molecular flexibility index (Phi) is 6.64. The Bertz CT molecular complexity index is 720. The summed E-state index contributed by atoms with van der Waals surface area (Å²) in [5.41, 5.74) is 2.99. The second-order valence-electron chi connectivity index (χ2n) is 7.81. The average molecular weight is 367 g/mol. The van der Waals surface area contributed by atoms with Crippen LogP contribution in [-0.4, -0.2) is 53.5 Å². The summed E-state index contributed by atoms with van der Waals surface area (Å²) < 4.78 is 0. The molecule has 1 N–H and O–H groups in total. The highest BCUT2D eigenvalue weighted by Gasteiger charge is 2.23. The van der Waals surface area contributed by atoms with Gasteiger partial charge in [-0.1, -0.05) is 56.3 Å². The maximum Gasteiger partial charge on any atom is 0.253 e. The van der Waals surface area contributed by atoms with Crippen LogP contribution < -0.4 is 0 Å². The molecular formula is C23H30N2O2. The smallest absolute Gasteiger partial charge is 0.253 e. The molecule has 2 aromatic carbocycles. The zero-order chi connectivity index (χ0) is 19.2. The number of rotatable bonds is 6. The van der Waals surface area contributed by atoms with Gasteiger partial charge in [-0.2, -0.15) is 0 Å². The van der Waals surface area contributed by atoms with Gasteiger partial charge in [0.05, 0.1) is 6.10 Å². The van der Waals surface area contributed by atoms with E-state index in [9.17, 15) is 9.90 Å². The normalized spacial score (nSPS) is 16.5. The third-order valence-electron chi connectivity index (χ3n) is 5.12. The second-order valence-corrected chi connectivity index (χ2v) is 7.81. The summed E-state index contributed by atoms with van der Waals surface area (Å²) in [6.45, 7) is 8.00. The van der Waals surface area contributed by atoms with Crippen molar-refractivity contribution in [3.8, 4) is 0 Å². The lowest BCUT2D eigenvalue weighted by atomic mass is 10.0. The first-order valence-electron chi connectivity index (χ1n) is 9.86. The first-order valence-corrected chi connectivity index (χ1v) is 9.86. The SMILES string of the molecule is CC(C)Cc1ccc(C(=O)N2CCN(CC(O)c3ccccc3)CC2)cc1. The van der Waals surface area contributed by atoms with Crippen LogP contribution >= 0.6 is 0 Å². The Morgan fingerprint density at radius 1 is 0.963 bits per heavy atom. The molecule has 1 aliphatic rings. The van der Waals surface area contributed by atoms with E-state index in [1.807, 2.05) is 47.4 Å². The number of amides is 1. The number of aliphatic hydroxyl groups excluding tert-OH is 1. The van der Waals surface area contributed by atoms with Crippen molar-refractivity contribution in [2.45, 2.75) is 26.4 Å². The number of carbonyl (C=O) groups is 1. The molecule has 0 spiro atoms. The molecule has 1 aliphatic heterocycles. The van der Waals surface area contributed by atoms with Crippen LogP contribution in [0.4, 0.5) is 0 Å². The van der Waals surface area contributed by atoms with Crippen molar-refractivity contribution in [2.75, 3.05) is 32.7 Å². The van der Waals surface area contributed by atoms with Gasteiger partial charge in [-0.05, 0) is 35.6 Å². The monoisotopic (exact) mass is 366 g/mol. The third-order valence-corrected chi connectivity index (χ3v) is 5.12. The van der Waals surface area contributed by atoms with Gasteiger partial charge in [-0.15, -0.1) is 0 Å². The van der Waals surface area contributed by atoms with Gasteiger partial charge in [0.2, 0.25) is 0 Å². The minimum atomic E-state index is -0.484. The van der Waals surface area contributed by atoms with Crippen molar-refractivity contribution >= 4 is 5.91 Å². The second kappa shape index (κ2) is 9.16. The molecule has 0 saturated carbocycles. The van der Waals surface area contributed by atoms with E-state index in [1.165, 1.54) is 5.56 Å². The van der Waals surface area contributed by atoms with Crippen LogP contribution in [0.25, 0.3) is 0 Å². The first kappa shape index (κ1) is 19.6. The first-order chi connectivity index (χ1) is 13.0. The number of nitrogens with zero attached hydrogens (tertiary/aromatic N) is 2. The molecule has 27 heavy (non-hydrogen) atoms. The number of β-amino-alcohol motifs (C(OH)–C–C–N with tert-alkyl or cyclic N) is 1. The zero-order valence-corrected chi connectivity index (χ0v) is 16.3. The lowest BCUT2D eigenvalue weighted by molar-refractivity contribution is 0.0527. The summed E-state index contributed by atoms with van der Waals surface area (Å²) in [5.74, 6) is 0.722. The zero-order valence-electron chi connectivity index (χ0n) is 16.3. The van der Waals surface area contributed by atoms with Crippen LogP contribution in [0.3, 0.4) is 0 Å². The van der Waals surface area contributed by atoms with Crippen molar-refractivity contribution in [3.05, 3.63) is 71.3 Å². The van der Waals surface area contributed by atoms with Gasteiger partial charge in [0.25, 0.3) is 5.91 Å². The lowest BCUT2D eigenvalue weighted by Crippen LogP contribution is -2.49. The molecule has 1 heterocycles. The van der Waals surface area contributed by atoms with Crippen molar-refractivity contribution in [2.24, 2.45) is 5.92 Å². The summed E-state index contributed by atoms with van der Waals surface area (Å²) in [7, 11) is 0. The molecule has 144 valence electrons. The van der Waals surface area contributed by atoms with Gasteiger partial charge in [-0.25, -0.2) is 0 Å². The van der Waals surface area contributed by atoms with E-state index in [0.717, 1.165) is 30.6 Å². The van der Waals surface area contributed by atoms with Crippen LogP contribution in [0, 0.1) is 5.92 Å². The fourth-order valence-corrected chi connectivity index (χ4v) is 3.60. The van der Waals surface area contributed by atoms with Gasteiger partial charge >= 0.3 is 0 Å². The van der Waals surface area contributed by atoms with E-state index in [2.05, 4.69) is 30.9 Å². The van der Waals surface area contributed by atoms with Crippen LogP contribution in [0.5, 0.6) is 0 Å². The van der Waals surface area contributed by atoms with Crippen LogP contribution in [0.1, 0.15) is 41.4 Å². The number of hydrogen-bond acceptors (Lipinski definition) is 3. The number of hydrogen-bond donors (Lipinski definition) is 1. The predicted molar refractivity (Wildman–Crippen MR) is 109 cm³/mol. The van der Waals surface area contributed by atoms with Crippen molar-refractivity contribution < 1.29 is 9.90 Å². The third kappa shape index (κ3) is 5.41. The van der Waals surface area contributed by atoms with Crippen molar-refractivity contribution in [1.82, 2.24) is 9.80 Å². The van der Waals surface area contributed by atoms with Crippen LogP contribution in [-0.2, 0) is 6.42 Å². The van der Waals surface area contributed by atoms with Crippen LogP contribution in [0.2, 0.25) is 0 Å². The summed E-state index contributed by atoms with van der Waals surface area (Å²) in [5, 5.41) is 10.4.